The number of hydrogen-bond donors (Lipinski definition) is 1. The summed E-state index contributed by atoms with van der Waals surface area (Å²) < 4.78 is 20.4. The molecule has 27 heavy (non-hydrogen) atoms. The third-order valence-electron chi connectivity index (χ3n) is 3.79. The Hall–Kier alpha value is -3.36. The van der Waals surface area contributed by atoms with Crippen molar-refractivity contribution in [3.63, 3.8) is 0 Å². The van der Waals surface area contributed by atoms with E-state index in [1.165, 1.54) is 18.3 Å². The molecule has 0 aromatic carbocycles. The molecule has 3 aromatic heterocycles. The summed E-state index contributed by atoms with van der Waals surface area (Å²) in [6.07, 6.45) is 3.47. The van der Waals surface area contributed by atoms with E-state index in [-0.39, 0.29) is 12.5 Å². The fourth-order valence-electron chi connectivity index (χ4n) is 2.33. The molecule has 0 aliphatic rings. The molecule has 3 aromatic rings. The van der Waals surface area contributed by atoms with Crippen molar-refractivity contribution < 1.29 is 13.9 Å². The molecular weight excluding hydrogens is 351 g/mol. The van der Waals surface area contributed by atoms with Crippen molar-refractivity contribution in [2.75, 3.05) is 6.54 Å². The minimum absolute atomic E-state index is 0.168. The zero-order valence-corrected chi connectivity index (χ0v) is 15.0. The van der Waals surface area contributed by atoms with E-state index in [4.69, 9.17) is 4.74 Å². The molecule has 0 fully saturated rings. The molecule has 0 spiro atoms. The monoisotopic (exact) mass is 370 g/mol. The highest BCUT2D eigenvalue weighted by Gasteiger charge is 2.15. The number of aryl methyl sites for hydroxylation is 1. The maximum Gasteiger partial charge on any atom is 0.269 e. The van der Waals surface area contributed by atoms with Crippen LogP contribution in [0.15, 0.2) is 36.7 Å². The van der Waals surface area contributed by atoms with Gasteiger partial charge < -0.3 is 10.1 Å². The van der Waals surface area contributed by atoms with E-state index < -0.39 is 5.82 Å². The van der Waals surface area contributed by atoms with Gasteiger partial charge in [0.2, 0.25) is 0 Å². The molecule has 0 unspecified atom stereocenters. The van der Waals surface area contributed by atoms with Crippen LogP contribution in [0, 0.1) is 5.82 Å². The van der Waals surface area contributed by atoms with Crippen molar-refractivity contribution in [1.29, 1.82) is 0 Å². The van der Waals surface area contributed by atoms with Gasteiger partial charge >= 0.3 is 0 Å². The molecule has 8 nitrogen and oxygen atoms in total. The summed E-state index contributed by atoms with van der Waals surface area (Å²) in [5.41, 5.74) is 2.03. The van der Waals surface area contributed by atoms with E-state index >= 15 is 0 Å². The number of aromatic nitrogens is 5. The summed E-state index contributed by atoms with van der Waals surface area (Å²) in [5.74, 6) is -0.139. The van der Waals surface area contributed by atoms with Gasteiger partial charge in [0.05, 0.1) is 18.1 Å². The van der Waals surface area contributed by atoms with Crippen LogP contribution in [-0.4, -0.2) is 37.4 Å². The Labute approximate surface area is 155 Å². The van der Waals surface area contributed by atoms with Crippen LogP contribution in [-0.2, 0) is 13.7 Å². The number of ether oxygens (including phenoxy) is 1. The average Bonchev–Trinajstić information content (AvgIpc) is 3.06. The van der Waals surface area contributed by atoms with Gasteiger partial charge in [0.15, 0.2) is 0 Å². The van der Waals surface area contributed by atoms with Crippen LogP contribution in [0.1, 0.15) is 29.5 Å². The Morgan fingerprint density at radius 3 is 2.74 bits per heavy atom. The topological polar surface area (TPSA) is 94.8 Å². The second-order valence-electron chi connectivity index (χ2n) is 5.79. The average molecular weight is 370 g/mol. The predicted octanol–water partition coefficient (Wildman–Crippen LogP) is 2.13. The van der Waals surface area contributed by atoms with Gasteiger partial charge in [-0.05, 0) is 30.7 Å². The highest BCUT2D eigenvalue weighted by Crippen LogP contribution is 2.20. The molecule has 140 valence electrons. The summed E-state index contributed by atoms with van der Waals surface area (Å²) in [7, 11) is 1.73. The Kier molecular flexibility index (Phi) is 5.70. The van der Waals surface area contributed by atoms with E-state index in [0.29, 0.717) is 35.1 Å². The SMILES string of the molecule is CCCNC(=O)c1ccc(OCc2c(-c3ccc(F)cn3)nnn2C)cn1. The first-order valence-corrected chi connectivity index (χ1v) is 8.46. The molecule has 0 atom stereocenters. The van der Waals surface area contributed by atoms with Crippen LogP contribution in [0.5, 0.6) is 5.75 Å². The van der Waals surface area contributed by atoms with Crippen LogP contribution in [0.25, 0.3) is 11.4 Å². The molecule has 0 bridgehead atoms. The highest BCUT2D eigenvalue weighted by molar-refractivity contribution is 5.92. The van der Waals surface area contributed by atoms with Gasteiger partial charge in [0, 0.05) is 13.6 Å². The van der Waals surface area contributed by atoms with E-state index in [1.54, 1.807) is 23.9 Å². The molecule has 0 saturated carbocycles. The number of carbonyl (C=O) groups excluding carboxylic acids is 1. The number of amides is 1. The highest BCUT2D eigenvalue weighted by atomic mass is 19.1. The van der Waals surface area contributed by atoms with Crippen molar-refractivity contribution in [2.45, 2.75) is 20.0 Å². The minimum Gasteiger partial charge on any atom is -0.486 e. The number of halogens is 1. The van der Waals surface area contributed by atoms with Crippen LogP contribution >= 0.6 is 0 Å². The molecule has 0 aliphatic heterocycles. The van der Waals surface area contributed by atoms with Crippen molar-refractivity contribution in [3.8, 4) is 17.1 Å². The summed E-state index contributed by atoms with van der Waals surface area (Å²) in [4.78, 5) is 20.0. The molecule has 0 aliphatic carbocycles. The molecule has 0 radical (unpaired) electrons. The fraction of sp³-hybridized carbons (Fsp3) is 0.278. The van der Waals surface area contributed by atoms with Gasteiger partial charge in [0.25, 0.3) is 5.91 Å². The second-order valence-corrected chi connectivity index (χ2v) is 5.79. The van der Waals surface area contributed by atoms with E-state index in [1.807, 2.05) is 6.92 Å². The normalized spacial score (nSPS) is 10.6. The third kappa shape index (κ3) is 4.43. The quantitative estimate of drug-likeness (QED) is 0.685. The van der Waals surface area contributed by atoms with Crippen molar-refractivity contribution >= 4 is 5.91 Å². The van der Waals surface area contributed by atoms with Gasteiger partial charge in [-0.25, -0.2) is 14.1 Å². The molecule has 9 heteroatoms. The molecule has 1 amide bonds. The Morgan fingerprint density at radius 2 is 2.07 bits per heavy atom. The van der Waals surface area contributed by atoms with Gasteiger partial charge in [-0.2, -0.15) is 0 Å². The Morgan fingerprint density at radius 1 is 1.22 bits per heavy atom. The van der Waals surface area contributed by atoms with E-state index in [9.17, 15) is 9.18 Å². The van der Waals surface area contributed by atoms with E-state index in [2.05, 4.69) is 25.6 Å². The van der Waals surface area contributed by atoms with Crippen LogP contribution in [0.2, 0.25) is 0 Å². The summed E-state index contributed by atoms with van der Waals surface area (Å²) in [6.45, 7) is 2.75. The fourth-order valence-corrected chi connectivity index (χ4v) is 2.33. The summed E-state index contributed by atoms with van der Waals surface area (Å²) in [5, 5.41) is 10.8. The number of rotatable bonds is 7. The predicted molar refractivity (Wildman–Crippen MR) is 95.4 cm³/mol. The molecular formula is C18H19FN6O2. The molecule has 0 saturated heterocycles. The number of pyridine rings is 2. The van der Waals surface area contributed by atoms with Crippen LogP contribution < -0.4 is 10.1 Å². The third-order valence-corrected chi connectivity index (χ3v) is 3.79. The zero-order chi connectivity index (χ0) is 19.2. The lowest BCUT2D eigenvalue weighted by Crippen LogP contribution is -2.24. The van der Waals surface area contributed by atoms with Gasteiger partial charge in [-0.1, -0.05) is 12.1 Å². The van der Waals surface area contributed by atoms with Gasteiger partial charge in [-0.15, -0.1) is 5.10 Å². The number of carbonyl (C=O) groups is 1. The first kappa shape index (κ1) is 18.4. The lowest BCUT2D eigenvalue weighted by molar-refractivity contribution is 0.0948. The van der Waals surface area contributed by atoms with Crippen LogP contribution in [0.4, 0.5) is 4.39 Å². The van der Waals surface area contributed by atoms with Gasteiger partial charge in [0.1, 0.15) is 35.3 Å². The molecule has 3 heterocycles. The maximum absolute atomic E-state index is 13.1. The Balaban J connectivity index is 1.69. The van der Waals surface area contributed by atoms with E-state index in [0.717, 1.165) is 12.6 Å². The maximum atomic E-state index is 13.1. The van der Waals surface area contributed by atoms with Crippen molar-refractivity contribution in [3.05, 3.63) is 53.9 Å². The van der Waals surface area contributed by atoms with Crippen LogP contribution in [0.3, 0.4) is 0 Å². The van der Waals surface area contributed by atoms with Crippen molar-refractivity contribution in [2.24, 2.45) is 7.05 Å². The first-order chi connectivity index (χ1) is 13.1. The molecule has 1 N–H and O–H groups in total. The standard InChI is InChI=1S/C18H19FN6O2/c1-3-8-20-18(26)15-7-5-13(10-22-15)27-11-16-17(23-24-25(16)2)14-6-4-12(19)9-21-14/h4-7,9-10H,3,8,11H2,1-2H3,(H,20,26). The summed E-state index contributed by atoms with van der Waals surface area (Å²) >= 11 is 0. The largest absolute Gasteiger partial charge is 0.486 e. The number of nitrogens with one attached hydrogen (secondary N) is 1. The smallest absolute Gasteiger partial charge is 0.269 e. The second kappa shape index (κ2) is 8.35. The first-order valence-electron chi connectivity index (χ1n) is 8.46. The molecule has 3 rings (SSSR count). The number of hydrogen-bond acceptors (Lipinski definition) is 6. The zero-order valence-electron chi connectivity index (χ0n) is 15.0. The van der Waals surface area contributed by atoms with Gasteiger partial charge in [-0.3, -0.25) is 9.78 Å². The summed E-state index contributed by atoms with van der Waals surface area (Å²) in [6, 6.07) is 6.12. The minimum atomic E-state index is -0.422. The Bertz CT molecular complexity index is 909. The lowest BCUT2D eigenvalue weighted by Gasteiger charge is -2.08. The lowest BCUT2D eigenvalue weighted by atomic mass is 10.2. The number of nitrogens with zero attached hydrogens (tertiary/aromatic N) is 5. The van der Waals surface area contributed by atoms with Crippen molar-refractivity contribution in [1.82, 2.24) is 30.3 Å².